The van der Waals surface area contributed by atoms with Crippen LogP contribution in [0.4, 0.5) is 0 Å². The van der Waals surface area contributed by atoms with E-state index < -0.39 is 0 Å². The molecule has 212 valence electrons. The predicted molar refractivity (Wildman–Crippen MR) is 189 cm³/mol. The van der Waals surface area contributed by atoms with Gasteiger partial charge in [-0.15, -0.1) is 0 Å². The second-order valence-electron chi connectivity index (χ2n) is 12.0. The van der Waals surface area contributed by atoms with Gasteiger partial charge in [0.2, 0.25) is 0 Å². The average Bonchev–Trinajstić information content (AvgIpc) is 3.64. The van der Waals surface area contributed by atoms with E-state index in [0.717, 1.165) is 38.8 Å². The lowest BCUT2D eigenvalue weighted by atomic mass is 9.98. The second-order valence-corrected chi connectivity index (χ2v) is 12.0. The number of hydrogen-bond donors (Lipinski definition) is 0. The van der Waals surface area contributed by atoms with E-state index in [2.05, 4.69) is 118 Å². The van der Waals surface area contributed by atoms with Crippen LogP contribution in [0.5, 0.6) is 0 Å². The highest BCUT2D eigenvalue weighted by atomic mass is 15.1. The van der Waals surface area contributed by atoms with Crippen LogP contribution in [0.3, 0.4) is 0 Å². The van der Waals surface area contributed by atoms with Crippen LogP contribution >= 0.6 is 0 Å². The molecule has 0 aliphatic rings. The van der Waals surface area contributed by atoms with E-state index in [0.29, 0.717) is 5.82 Å². The standard InChI is InChI=1S/C41H23N5/c1-2-11-24(12-3-1)40-43-32-17-7-4-15-28(32)41(44-40)46-34-19-9-6-14-26(34)30-23-31-36-29(38(30)46)16-10-20-35(36)45-33-18-8-5-13-25(33)27-21-22-42-37(31)39(27)45/h1-23H. The van der Waals surface area contributed by atoms with Crippen molar-refractivity contribution in [3.8, 4) is 17.2 Å². The Bertz CT molecular complexity index is 3020. The van der Waals surface area contributed by atoms with Crippen LogP contribution in [0.15, 0.2) is 140 Å². The van der Waals surface area contributed by atoms with Crippen molar-refractivity contribution in [3.63, 3.8) is 0 Å². The molecule has 0 radical (unpaired) electrons. The Morgan fingerprint density at radius 1 is 0.457 bits per heavy atom. The van der Waals surface area contributed by atoms with E-state index in [1.54, 1.807) is 0 Å². The van der Waals surface area contributed by atoms with Crippen molar-refractivity contribution in [1.82, 2.24) is 23.9 Å². The third-order valence-electron chi connectivity index (χ3n) is 9.68. The Kier molecular flexibility index (Phi) is 4.52. The van der Waals surface area contributed by atoms with Gasteiger partial charge in [-0.05, 0) is 42.5 Å². The van der Waals surface area contributed by atoms with Crippen LogP contribution in [-0.2, 0) is 0 Å². The van der Waals surface area contributed by atoms with Gasteiger partial charge < -0.3 is 4.40 Å². The molecule has 5 aromatic heterocycles. The van der Waals surface area contributed by atoms with Crippen molar-refractivity contribution in [2.24, 2.45) is 0 Å². The maximum Gasteiger partial charge on any atom is 0.162 e. The number of rotatable bonds is 2. The van der Waals surface area contributed by atoms with Crippen LogP contribution in [0.1, 0.15) is 0 Å². The zero-order chi connectivity index (χ0) is 29.9. The molecule has 5 heterocycles. The molecule has 11 aromatic rings. The topological polar surface area (TPSA) is 48.0 Å². The van der Waals surface area contributed by atoms with Crippen molar-refractivity contribution in [2.75, 3.05) is 0 Å². The monoisotopic (exact) mass is 585 g/mol. The first kappa shape index (κ1) is 24.0. The quantitative estimate of drug-likeness (QED) is 0.150. The third-order valence-corrected chi connectivity index (χ3v) is 9.68. The van der Waals surface area contributed by atoms with Crippen LogP contribution in [0.25, 0.3) is 98.9 Å². The van der Waals surface area contributed by atoms with Gasteiger partial charge in [0.05, 0.1) is 38.6 Å². The van der Waals surface area contributed by atoms with Gasteiger partial charge in [0.15, 0.2) is 5.82 Å². The van der Waals surface area contributed by atoms with E-state index in [1.165, 1.54) is 54.3 Å². The molecule has 0 spiro atoms. The highest BCUT2D eigenvalue weighted by Gasteiger charge is 2.24. The van der Waals surface area contributed by atoms with Gasteiger partial charge >= 0.3 is 0 Å². The average molecular weight is 586 g/mol. The maximum absolute atomic E-state index is 5.33. The summed E-state index contributed by atoms with van der Waals surface area (Å²) in [7, 11) is 0. The summed E-state index contributed by atoms with van der Waals surface area (Å²) in [4.78, 5) is 15.4. The summed E-state index contributed by atoms with van der Waals surface area (Å²) >= 11 is 0. The van der Waals surface area contributed by atoms with Gasteiger partial charge in [-0.25, -0.2) is 9.97 Å². The van der Waals surface area contributed by atoms with Gasteiger partial charge in [0.1, 0.15) is 5.82 Å². The minimum absolute atomic E-state index is 0.710. The molecule has 0 bridgehead atoms. The van der Waals surface area contributed by atoms with Gasteiger partial charge in [-0.2, -0.15) is 0 Å². The number of pyridine rings is 2. The lowest BCUT2D eigenvalue weighted by molar-refractivity contribution is 1.08. The molecule has 0 aliphatic heterocycles. The van der Waals surface area contributed by atoms with E-state index in [-0.39, 0.29) is 0 Å². The zero-order valence-electron chi connectivity index (χ0n) is 24.5. The molecular weight excluding hydrogens is 562 g/mol. The van der Waals surface area contributed by atoms with Crippen molar-refractivity contribution >= 4 is 81.7 Å². The summed E-state index contributed by atoms with van der Waals surface area (Å²) in [6.07, 6.45) is 1.96. The molecule has 0 unspecified atom stereocenters. The van der Waals surface area contributed by atoms with Crippen molar-refractivity contribution in [1.29, 1.82) is 0 Å². The first-order valence-corrected chi connectivity index (χ1v) is 15.6. The molecular formula is C41H23N5. The Morgan fingerprint density at radius 2 is 1.15 bits per heavy atom. The normalized spacial score (nSPS) is 12.3. The molecule has 5 nitrogen and oxygen atoms in total. The van der Waals surface area contributed by atoms with E-state index >= 15 is 0 Å². The number of para-hydroxylation sites is 3. The Labute approximate surface area is 261 Å². The first-order valence-electron chi connectivity index (χ1n) is 15.6. The molecule has 11 rings (SSSR count). The summed E-state index contributed by atoms with van der Waals surface area (Å²) in [6, 6.07) is 47.2. The van der Waals surface area contributed by atoms with Crippen molar-refractivity contribution in [2.45, 2.75) is 0 Å². The number of aromatic nitrogens is 5. The van der Waals surface area contributed by atoms with Gasteiger partial charge in [-0.1, -0.05) is 91.0 Å². The molecule has 0 aliphatic carbocycles. The Balaban J connectivity index is 1.39. The molecule has 46 heavy (non-hydrogen) atoms. The molecule has 0 saturated heterocycles. The van der Waals surface area contributed by atoms with Crippen molar-refractivity contribution < 1.29 is 0 Å². The fourth-order valence-electron chi connectivity index (χ4n) is 7.82. The molecule has 5 heteroatoms. The summed E-state index contributed by atoms with van der Waals surface area (Å²) < 4.78 is 4.77. The number of hydrogen-bond acceptors (Lipinski definition) is 3. The third kappa shape index (κ3) is 2.97. The van der Waals surface area contributed by atoms with Crippen LogP contribution < -0.4 is 0 Å². The second kappa shape index (κ2) is 8.65. The maximum atomic E-state index is 5.33. The molecule has 0 N–H and O–H groups in total. The SMILES string of the molecule is c1ccc(-c2nc(-n3c4ccccc4c4cc5c6nccc7c8ccccc8n(c8cccc(c58)c43)c76)c3ccccc3n2)cc1. The smallest absolute Gasteiger partial charge is 0.162 e. The molecule has 6 aromatic carbocycles. The van der Waals surface area contributed by atoms with Crippen LogP contribution in [-0.4, -0.2) is 23.9 Å². The Hall–Kier alpha value is -6.33. The summed E-state index contributed by atoms with van der Waals surface area (Å²) in [5, 5.41) is 9.39. The van der Waals surface area contributed by atoms with Crippen LogP contribution in [0, 0.1) is 0 Å². The molecule has 0 saturated carbocycles. The Morgan fingerprint density at radius 3 is 2.02 bits per heavy atom. The van der Waals surface area contributed by atoms with E-state index in [4.69, 9.17) is 15.0 Å². The fourth-order valence-corrected chi connectivity index (χ4v) is 7.82. The first-order chi connectivity index (χ1) is 22.8. The minimum atomic E-state index is 0.710. The number of nitrogens with zero attached hydrogens (tertiary/aromatic N) is 5. The van der Waals surface area contributed by atoms with E-state index in [9.17, 15) is 0 Å². The highest BCUT2D eigenvalue weighted by molar-refractivity contribution is 6.32. The van der Waals surface area contributed by atoms with Gasteiger partial charge in [-0.3, -0.25) is 9.55 Å². The molecule has 0 amide bonds. The zero-order valence-corrected chi connectivity index (χ0v) is 24.5. The summed E-state index contributed by atoms with van der Waals surface area (Å²) in [5.41, 5.74) is 8.72. The lowest BCUT2D eigenvalue weighted by Gasteiger charge is -2.16. The fraction of sp³-hybridized carbons (Fsp3) is 0. The summed E-state index contributed by atoms with van der Waals surface area (Å²) in [5.74, 6) is 1.58. The lowest BCUT2D eigenvalue weighted by Crippen LogP contribution is -2.03. The summed E-state index contributed by atoms with van der Waals surface area (Å²) in [6.45, 7) is 0. The molecule has 0 atom stereocenters. The highest BCUT2D eigenvalue weighted by Crippen LogP contribution is 2.45. The largest absolute Gasteiger partial charge is 0.306 e. The number of benzene rings is 6. The van der Waals surface area contributed by atoms with Crippen molar-refractivity contribution in [3.05, 3.63) is 140 Å². The predicted octanol–water partition coefficient (Wildman–Crippen LogP) is 10.1. The van der Waals surface area contributed by atoms with Gasteiger partial charge in [0, 0.05) is 54.9 Å². The van der Waals surface area contributed by atoms with Gasteiger partial charge in [0.25, 0.3) is 0 Å². The van der Waals surface area contributed by atoms with E-state index in [1.807, 2.05) is 30.5 Å². The molecule has 0 fully saturated rings. The van der Waals surface area contributed by atoms with Crippen LogP contribution in [0.2, 0.25) is 0 Å². The minimum Gasteiger partial charge on any atom is -0.306 e. The number of fused-ring (bicyclic) bond motifs is 10.